The SMILES string of the molecule is CC(C)CN1C(=O)C(=O)N(CC(=O)N2CCN(c3ccccc3Cl)CC2)C1=O. The third kappa shape index (κ3) is 3.96. The van der Waals surface area contributed by atoms with E-state index in [1.54, 1.807) is 4.90 Å². The summed E-state index contributed by atoms with van der Waals surface area (Å²) in [6, 6.07) is 6.80. The molecule has 1 aromatic rings. The highest BCUT2D eigenvalue weighted by atomic mass is 35.5. The standard InChI is InChI=1S/C19H23ClN4O4/c1-13(2)11-23-17(26)18(27)24(19(23)28)12-16(25)22-9-7-21(8-10-22)15-6-4-3-5-14(15)20/h3-6,13H,7-12H2,1-2H3. The number of rotatable bonds is 5. The van der Waals surface area contributed by atoms with Gasteiger partial charge in [0.05, 0.1) is 10.7 Å². The topological polar surface area (TPSA) is 81.2 Å². The van der Waals surface area contributed by atoms with E-state index in [1.807, 2.05) is 38.1 Å². The van der Waals surface area contributed by atoms with E-state index in [4.69, 9.17) is 11.6 Å². The molecule has 0 radical (unpaired) electrons. The van der Waals surface area contributed by atoms with Gasteiger partial charge in [0.2, 0.25) is 5.91 Å². The fraction of sp³-hybridized carbons (Fsp3) is 0.474. The number of para-hydroxylation sites is 1. The first-order chi connectivity index (χ1) is 13.3. The lowest BCUT2D eigenvalue weighted by Crippen LogP contribution is -2.52. The van der Waals surface area contributed by atoms with Crippen LogP contribution in [0.15, 0.2) is 24.3 Å². The minimum Gasteiger partial charge on any atom is -0.367 e. The molecule has 150 valence electrons. The third-order valence-corrected chi connectivity index (χ3v) is 5.12. The molecule has 2 fully saturated rings. The van der Waals surface area contributed by atoms with Crippen LogP contribution in [0.2, 0.25) is 5.02 Å². The van der Waals surface area contributed by atoms with Crippen LogP contribution in [0.1, 0.15) is 13.8 Å². The average molecular weight is 407 g/mol. The molecular formula is C19H23ClN4O4. The van der Waals surface area contributed by atoms with Crippen molar-refractivity contribution in [3.63, 3.8) is 0 Å². The van der Waals surface area contributed by atoms with Gasteiger partial charge in [0.15, 0.2) is 0 Å². The highest BCUT2D eigenvalue weighted by Gasteiger charge is 2.45. The lowest BCUT2D eigenvalue weighted by atomic mass is 10.2. The summed E-state index contributed by atoms with van der Waals surface area (Å²) in [6.45, 7) is 5.52. The van der Waals surface area contributed by atoms with Gasteiger partial charge in [-0.2, -0.15) is 0 Å². The molecule has 0 unspecified atom stereocenters. The van der Waals surface area contributed by atoms with Crippen LogP contribution in [0.5, 0.6) is 0 Å². The highest BCUT2D eigenvalue weighted by Crippen LogP contribution is 2.26. The van der Waals surface area contributed by atoms with E-state index in [1.165, 1.54) is 0 Å². The van der Waals surface area contributed by atoms with Gasteiger partial charge < -0.3 is 9.80 Å². The molecule has 0 aliphatic carbocycles. The molecule has 2 aliphatic heterocycles. The number of benzene rings is 1. The molecule has 5 amide bonds. The third-order valence-electron chi connectivity index (χ3n) is 4.80. The van der Waals surface area contributed by atoms with Crippen LogP contribution < -0.4 is 4.90 Å². The van der Waals surface area contributed by atoms with Crippen LogP contribution in [-0.4, -0.2) is 77.7 Å². The van der Waals surface area contributed by atoms with Crippen molar-refractivity contribution in [3.05, 3.63) is 29.3 Å². The monoisotopic (exact) mass is 406 g/mol. The second-order valence-corrected chi connectivity index (χ2v) is 7.71. The molecule has 2 aliphatic rings. The minimum atomic E-state index is -0.936. The van der Waals surface area contributed by atoms with Gasteiger partial charge in [-0.15, -0.1) is 0 Å². The number of amides is 5. The lowest BCUT2D eigenvalue weighted by molar-refractivity contribution is -0.145. The Labute approximate surface area is 168 Å². The lowest BCUT2D eigenvalue weighted by Gasteiger charge is -2.36. The molecule has 0 N–H and O–H groups in total. The highest BCUT2D eigenvalue weighted by molar-refractivity contribution is 6.45. The Bertz CT molecular complexity index is 805. The summed E-state index contributed by atoms with van der Waals surface area (Å²) in [6.07, 6.45) is 0. The number of hydrogen-bond donors (Lipinski definition) is 0. The smallest absolute Gasteiger partial charge is 0.334 e. The van der Waals surface area contributed by atoms with E-state index in [0.717, 1.165) is 15.5 Å². The van der Waals surface area contributed by atoms with Gasteiger partial charge in [-0.3, -0.25) is 19.3 Å². The second-order valence-electron chi connectivity index (χ2n) is 7.30. The fourth-order valence-electron chi connectivity index (χ4n) is 3.36. The summed E-state index contributed by atoms with van der Waals surface area (Å²) < 4.78 is 0. The maximum absolute atomic E-state index is 12.6. The summed E-state index contributed by atoms with van der Waals surface area (Å²) in [5, 5.41) is 0.652. The molecule has 2 saturated heterocycles. The number of carbonyl (C=O) groups excluding carboxylic acids is 4. The summed E-state index contributed by atoms with van der Waals surface area (Å²) in [4.78, 5) is 54.5. The Morgan fingerprint density at radius 1 is 1.00 bits per heavy atom. The van der Waals surface area contributed by atoms with Crippen LogP contribution >= 0.6 is 11.6 Å². The van der Waals surface area contributed by atoms with Crippen molar-refractivity contribution in [2.45, 2.75) is 13.8 Å². The van der Waals surface area contributed by atoms with Crippen LogP contribution in [-0.2, 0) is 14.4 Å². The van der Waals surface area contributed by atoms with Crippen molar-refractivity contribution >= 4 is 41.0 Å². The first kappa shape index (κ1) is 20.1. The van der Waals surface area contributed by atoms with E-state index in [-0.39, 0.29) is 18.4 Å². The van der Waals surface area contributed by atoms with Crippen LogP contribution in [0.3, 0.4) is 0 Å². The molecule has 2 heterocycles. The van der Waals surface area contributed by atoms with E-state index in [0.29, 0.717) is 31.2 Å². The Balaban J connectivity index is 1.59. The summed E-state index contributed by atoms with van der Waals surface area (Å²) in [5.74, 6) is -2.11. The number of anilines is 1. The molecule has 9 heteroatoms. The van der Waals surface area contributed by atoms with Gasteiger partial charge >= 0.3 is 17.8 Å². The molecular weight excluding hydrogens is 384 g/mol. The zero-order valence-corrected chi connectivity index (χ0v) is 16.7. The largest absolute Gasteiger partial charge is 0.367 e. The first-order valence-corrected chi connectivity index (χ1v) is 9.62. The van der Waals surface area contributed by atoms with E-state index in [9.17, 15) is 19.2 Å². The summed E-state index contributed by atoms with van der Waals surface area (Å²) in [7, 11) is 0. The van der Waals surface area contributed by atoms with Crippen molar-refractivity contribution in [2.75, 3.05) is 44.2 Å². The predicted octanol–water partition coefficient (Wildman–Crippen LogP) is 1.44. The number of hydrogen-bond acceptors (Lipinski definition) is 5. The molecule has 0 saturated carbocycles. The fourth-order valence-corrected chi connectivity index (χ4v) is 3.61. The second kappa shape index (κ2) is 8.18. The number of imide groups is 2. The van der Waals surface area contributed by atoms with Gasteiger partial charge in [-0.05, 0) is 18.1 Å². The van der Waals surface area contributed by atoms with Crippen molar-refractivity contribution in [1.82, 2.24) is 14.7 Å². The summed E-state index contributed by atoms with van der Waals surface area (Å²) in [5.41, 5.74) is 0.913. The van der Waals surface area contributed by atoms with Gasteiger partial charge in [-0.1, -0.05) is 37.6 Å². The Morgan fingerprint density at radius 3 is 2.21 bits per heavy atom. The van der Waals surface area contributed by atoms with Crippen LogP contribution in [0.4, 0.5) is 10.5 Å². The summed E-state index contributed by atoms with van der Waals surface area (Å²) >= 11 is 6.22. The Morgan fingerprint density at radius 2 is 1.61 bits per heavy atom. The number of urea groups is 1. The Hall–Kier alpha value is -2.61. The molecule has 28 heavy (non-hydrogen) atoms. The van der Waals surface area contributed by atoms with Gasteiger partial charge in [-0.25, -0.2) is 9.69 Å². The van der Waals surface area contributed by atoms with Gasteiger partial charge in [0, 0.05) is 32.7 Å². The van der Waals surface area contributed by atoms with Crippen molar-refractivity contribution in [1.29, 1.82) is 0 Å². The normalized spacial score (nSPS) is 17.9. The maximum Gasteiger partial charge on any atom is 0.334 e. The average Bonchev–Trinajstić information content (AvgIpc) is 2.86. The van der Waals surface area contributed by atoms with Crippen LogP contribution in [0.25, 0.3) is 0 Å². The van der Waals surface area contributed by atoms with Gasteiger partial charge in [0.1, 0.15) is 6.54 Å². The number of nitrogens with zero attached hydrogens (tertiary/aromatic N) is 4. The number of halogens is 1. The van der Waals surface area contributed by atoms with Crippen molar-refractivity contribution in [2.24, 2.45) is 5.92 Å². The minimum absolute atomic E-state index is 0.0363. The predicted molar refractivity (Wildman–Crippen MR) is 104 cm³/mol. The first-order valence-electron chi connectivity index (χ1n) is 9.24. The molecule has 0 bridgehead atoms. The maximum atomic E-state index is 12.6. The van der Waals surface area contributed by atoms with Crippen molar-refractivity contribution < 1.29 is 19.2 Å². The van der Waals surface area contributed by atoms with Gasteiger partial charge in [0.25, 0.3) is 0 Å². The number of carbonyl (C=O) groups is 4. The molecule has 0 spiro atoms. The molecule has 0 atom stereocenters. The molecule has 3 rings (SSSR count). The van der Waals surface area contributed by atoms with E-state index in [2.05, 4.69) is 4.90 Å². The van der Waals surface area contributed by atoms with Crippen molar-refractivity contribution in [3.8, 4) is 0 Å². The molecule has 1 aromatic carbocycles. The zero-order chi connectivity index (χ0) is 20.4. The quantitative estimate of drug-likeness (QED) is 0.546. The number of piperazine rings is 1. The van der Waals surface area contributed by atoms with E-state index >= 15 is 0 Å². The van der Waals surface area contributed by atoms with Crippen LogP contribution in [0, 0.1) is 5.92 Å². The zero-order valence-electron chi connectivity index (χ0n) is 15.9. The molecule has 8 nitrogen and oxygen atoms in total. The van der Waals surface area contributed by atoms with E-state index < -0.39 is 24.4 Å². The molecule has 0 aromatic heterocycles. The Kier molecular flexibility index (Phi) is 5.88.